The lowest BCUT2D eigenvalue weighted by Gasteiger charge is -2.07. The Labute approximate surface area is 127 Å². The summed E-state index contributed by atoms with van der Waals surface area (Å²) in [7, 11) is 1.57. The van der Waals surface area contributed by atoms with Gasteiger partial charge in [0.05, 0.1) is 7.11 Å². The normalized spacial score (nSPS) is 10.9. The second kappa shape index (κ2) is 7.63. The minimum Gasteiger partial charge on any atom is -0.497 e. The van der Waals surface area contributed by atoms with Crippen LogP contribution in [-0.4, -0.2) is 30.4 Å². The first-order valence-electron chi connectivity index (χ1n) is 6.48. The average molecular weight is 300 g/mol. The third-order valence-corrected chi connectivity index (χ3v) is 2.67. The number of carbonyl (C=O) groups is 1. The standard InChI is InChI=1S/C15H16N4O3/c1-21-12-3-2-4-13(9-12)22-10-14(16)18-19-15(20)11-5-7-17-8-6-11/h2-9H,10H2,1H3,(H2,16,18)(H,19,20). The zero-order valence-electron chi connectivity index (χ0n) is 12.0. The van der Waals surface area contributed by atoms with E-state index in [0.29, 0.717) is 17.1 Å². The molecule has 1 aromatic heterocycles. The second-order valence-electron chi connectivity index (χ2n) is 4.25. The van der Waals surface area contributed by atoms with Gasteiger partial charge < -0.3 is 15.2 Å². The van der Waals surface area contributed by atoms with E-state index in [1.54, 1.807) is 43.5 Å². The molecule has 0 radical (unpaired) electrons. The van der Waals surface area contributed by atoms with Crippen LogP contribution in [0.1, 0.15) is 10.4 Å². The van der Waals surface area contributed by atoms with Gasteiger partial charge >= 0.3 is 0 Å². The third-order valence-electron chi connectivity index (χ3n) is 2.67. The molecule has 0 aliphatic heterocycles. The van der Waals surface area contributed by atoms with E-state index in [2.05, 4.69) is 15.5 Å². The number of hydrazone groups is 1. The number of benzene rings is 1. The number of pyridine rings is 1. The highest BCUT2D eigenvalue weighted by atomic mass is 16.5. The first kappa shape index (κ1) is 15.3. The van der Waals surface area contributed by atoms with E-state index in [1.807, 2.05) is 0 Å². The van der Waals surface area contributed by atoms with Crippen LogP contribution >= 0.6 is 0 Å². The van der Waals surface area contributed by atoms with Gasteiger partial charge in [0.1, 0.15) is 18.1 Å². The highest BCUT2D eigenvalue weighted by molar-refractivity contribution is 5.95. The summed E-state index contributed by atoms with van der Waals surface area (Å²) in [4.78, 5) is 15.6. The Balaban J connectivity index is 1.86. The van der Waals surface area contributed by atoms with Crippen LogP contribution in [0.25, 0.3) is 0 Å². The molecule has 7 nitrogen and oxygen atoms in total. The zero-order valence-corrected chi connectivity index (χ0v) is 12.0. The molecule has 2 aromatic rings. The van der Waals surface area contributed by atoms with Crippen LogP contribution in [0.3, 0.4) is 0 Å². The maximum absolute atomic E-state index is 11.7. The molecule has 0 saturated carbocycles. The summed E-state index contributed by atoms with van der Waals surface area (Å²) >= 11 is 0. The lowest BCUT2D eigenvalue weighted by atomic mass is 10.3. The van der Waals surface area contributed by atoms with Gasteiger partial charge in [-0.05, 0) is 24.3 Å². The van der Waals surface area contributed by atoms with E-state index in [4.69, 9.17) is 15.2 Å². The summed E-state index contributed by atoms with van der Waals surface area (Å²) in [6, 6.07) is 10.3. The summed E-state index contributed by atoms with van der Waals surface area (Å²) in [5.74, 6) is 1.05. The molecule has 0 atom stereocenters. The van der Waals surface area contributed by atoms with Gasteiger partial charge in [-0.15, -0.1) is 0 Å². The Kier molecular flexibility index (Phi) is 5.31. The van der Waals surface area contributed by atoms with E-state index in [0.717, 1.165) is 0 Å². The van der Waals surface area contributed by atoms with Crippen LogP contribution in [0.2, 0.25) is 0 Å². The Bertz CT molecular complexity index is 659. The summed E-state index contributed by atoms with van der Waals surface area (Å²) in [5.41, 5.74) is 8.48. The highest BCUT2D eigenvalue weighted by Gasteiger charge is 2.04. The number of hydrogen-bond donors (Lipinski definition) is 2. The van der Waals surface area contributed by atoms with E-state index < -0.39 is 0 Å². The lowest BCUT2D eigenvalue weighted by Crippen LogP contribution is -2.27. The Morgan fingerprint density at radius 3 is 2.73 bits per heavy atom. The van der Waals surface area contributed by atoms with Gasteiger partial charge in [0.2, 0.25) is 0 Å². The van der Waals surface area contributed by atoms with Crippen molar-refractivity contribution in [2.45, 2.75) is 0 Å². The quantitative estimate of drug-likeness (QED) is 0.474. The fourth-order valence-electron chi connectivity index (χ4n) is 1.57. The fraction of sp³-hybridized carbons (Fsp3) is 0.133. The lowest BCUT2D eigenvalue weighted by molar-refractivity contribution is 0.0954. The predicted octanol–water partition coefficient (Wildman–Crippen LogP) is 1.17. The molecule has 0 aliphatic carbocycles. The number of amides is 1. The molecule has 0 fully saturated rings. The van der Waals surface area contributed by atoms with Crippen LogP contribution in [0.5, 0.6) is 11.5 Å². The van der Waals surface area contributed by atoms with Crippen molar-refractivity contribution in [3.63, 3.8) is 0 Å². The number of ether oxygens (including phenoxy) is 2. The monoisotopic (exact) mass is 300 g/mol. The highest BCUT2D eigenvalue weighted by Crippen LogP contribution is 2.18. The molecule has 0 unspecified atom stereocenters. The Hall–Kier alpha value is -3.09. The van der Waals surface area contributed by atoms with Crippen molar-refractivity contribution in [2.75, 3.05) is 13.7 Å². The van der Waals surface area contributed by atoms with Crippen LogP contribution in [-0.2, 0) is 0 Å². The van der Waals surface area contributed by atoms with Gasteiger partial charge in [-0.2, -0.15) is 5.10 Å². The molecular weight excluding hydrogens is 284 g/mol. The number of amidine groups is 1. The number of hydrogen-bond acceptors (Lipinski definition) is 5. The van der Waals surface area contributed by atoms with Crippen molar-refractivity contribution in [1.82, 2.24) is 10.4 Å². The van der Waals surface area contributed by atoms with Gasteiger partial charge in [-0.25, -0.2) is 5.43 Å². The molecule has 0 aliphatic rings. The third kappa shape index (κ3) is 4.48. The van der Waals surface area contributed by atoms with Gasteiger partial charge in [0.25, 0.3) is 5.91 Å². The van der Waals surface area contributed by atoms with Crippen molar-refractivity contribution in [2.24, 2.45) is 10.8 Å². The van der Waals surface area contributed by atoms with Gasteiger partial charge in [0.15, 0.2) is 5.84 Å². The number of nitrogens with two attached hydrogens (primary N) is 1. The minimum absolute atomic E-state index is 0.0454. The number of rotatable bonds is 6. The number of nitrogens with zero attached hydrogens (tertiary/aromatic N) is 2. The summed E-state index contributed by atoms with van der Waals surface area (Å²) in [6.07, 6.45) is 3.04. The molecule has 2 rings (SSSR count). The number of carbonyl (C=O) groups excluding carboxylic acids is 1. The van der Waals surface area contributed by atoms with Gasteiger partial charge in [-0.3, -0.25) is 9.78 Å². The maximum atomic E-state index is 11.7. The SMILES string of the molecule is COc1cccc(OC/C(N)=N\NC(=O)c2ccncc2)c1. The summed E-state index contributed by atoms with van der Waals surface area (Å²) < 4.78 is 10.5. The molecular formula is C15H16N4O3. The van der Waals surface area contributed by atoms with Crippen LogP contribution in [0.4, 0.5) is 0 Å². The molecule has 0 saturated heterocycles. The molecule has 114 valence electrons. The predicted molar refractivity (Wildman–Crippen MR) is 81.8 cm³/mol. The average Bonchev–Trinajstić information content (AvgIpc) is 2.58. The van der Waals surface area contributed by atoms with Crippen LogP contribution < -0.4 is 20.6 Å². The number of nitrogens with one attached hydrogen (secondary N) is 1. The van der Waals surface area contributed by atoms with E-state index in [9.17, 15) is 4.79 Å². The van der Waals surface area contributed by atoms with E-state index in [1.165, 1.54) is 12.4 Å². The molecule has 1 aromatic carbocycles. The van der Waals surface area contributed by atoms with Crippen LogP contribution in [0.15, 0.2) is 53.9 Å². The smallest absolute Gasteiger partial charge is 0.271 e. The molecule has 3 N–H and O–H groups in total. The second-order valence-corrected chi connectivity index (χ2v) is 4.25. The van der Waals surface area contributed by atoms with Crippen molar-refractivity contribution < 1.29 is 14.3 Å². The Morgan fingerprint density at radius 1 is 1.27 bits per heavy atom. The first-order valence-corrected chi connectivity index (χ1v) is 6.48. The number of methoxy groups -OCH3 is 1. The first-order chi connectivity index (χ1) is 10.7. The molecule has 0 spiro atoms. The molecule has 7 heteroatoms. The Morgan fingerprint density at radius 2 is 2.00 bits per heavy atom. The van der Waals surface area contributed by atoms with Crippen LogP contribution in [0, 0.1) is 0 Å². The molecule has 1 amide bonds. The molecule has 1 heterocycles. The van der Waals surface area contributed by atoms with Gasteiger partial charge in [0, 0.05) is 24.0 Å². The minimum atomic E-state index is -0.369. The molecule has 22 heavy (non-hydrogen) atoms. The number of aromatic nitrogens is 1. The summed E-state index contributed by atoms with van der Waals surface area (Å²) in [5, 5.41) is 3.78. The maximum Gasteiger partial charge on any atom is 0.271 e. The topological polar surface area (TPSA) is 98.8 Å². The largest absolute Gasteiger partial charge is 0.497 e. The summed E-state index contributed by atoms with van der Waals surface area (Å²) in [6.45, 7) is 0.0454. The van der Waals surface area contributed by atoms with Gasteiger partial charge in [-0.1, -0.05) is 6.07 Å². The zero-order chi connectivity index (χ0) is 15.8. The van der Waals surface area contributed by atoms with Crippen molar-refractivity contribution in [3.05, 3.63) is 54.4 Å². The van der Waals surface area contributed by atoms with Crippen molar-refractivity contribution >= 4 is 11.7 Å². The van der Waals surface area contributed by atoms with Crippen molar-refractivity contribution in [3.8, 4) is 11.5 Å². The van der Waals surface area contributed by atoms with E-state index >= 15 is 0 Å². The van der Waals surface area contributed by atoms with Crippen molar-refractivity contribution in [1.29, 1.82) is 0 Å². The fourth-order valence-corrected chi connectivity index (χ4v) is 1.57. The van der Waals surface area contributed by atoms with E-state index in [-0.39, 0.29) is 18.3 Å². The molecule has 0 bridgehead atoms.